The lowest BCUT2D eigenvalue weighted by Crippen LogP contribution is -2.47. The van der Waals surface area contributed by atoms with Gasteiger partial charge >= 0.3 is 0 Å². The van der Waals surface area contributed by atoms with Gasteiger partial charge in [-0.05, 0) is 54.9 Å². The molecule has 2 aromatic rings. The highest BCUT2D eigenvalue weighted by Gasteiger charge is 2.40. The maximum absolute atomic E-state index is 13.1. The molecule has 2 fully saturated rings. The smallest absolute Gasteiger partial charge is 0.226 e. The van der Waals surface area contributed by atoms with Crippen LogP contribution >= 0.6 is 0 Å². The van der Waals surface area contributed by atoms with Gasteiger partial charge in [0.2, 0.25) is 5.91 Å². The van der Waals surface area contributed by atoms with Crippen LogP contribution in [0.2, 0.25) is 0 Å². The van der Waals surface area contributed by atoms with E-state index in [0.29, 0.717) is 19.8 Å². The number of ether oxygens (including phenoxy) is 2. The summed E-state index contributed by atoms with van der Waals surface area (Å²) in [7, 11) is 0. The second-order valence-corrected chi connectivity index (χ2v) is 7.85. The van der Waals surface area contributed by atoms with Crippen LogP contribution in [0.1, 0.15) is 31.2 Å². The predicted molar refractivity (Wildman–Crippen MR) is 108 cm³/mol. The number of pyridine rings is 1. The van der Waals surface area contributed by atoms with Crippen molar-refractivity contribution in [2.75, 3.05) is 26.4 Å². The van der Waals surface area contributed by atoms with Crippen molar-refractivity contribution < 1.29 is 14.3 Å². The average molecular weight is 380 g/mol. The maximum Gasteiger partial charge on any atom is 0.226 e. The Morgan fingerprint density at radius 2 is 1.93 bits per heavy atom. The fourth-order valence-corrected chi connectivity index (χ4v) is 4.18. The van der Waals surface area contributed by atoms with E-state index in [0.717, 1.165) is 49.8 Å². The first-order valence-corrected chi connectivity index (χ1v) is 10.2. The Kier molecular flexibility index (Phi) is 6.03. The molecule has 1 atom stereocenters. The Labute approximate surface area is 166 Å². The zero-order valence-electron chi connectivity index (χ0n) is 16.2. The van der Waals surface area contributed by atoms with Gasteiger partial charge in [-0.2, -0.15) is 0 Å². The van der Waals surface area contributed by atoms with Crippen molar-refractivity contribution in [3.8, 4) is 11.1 Å². The zero-order valence-corrected chi connectivity index (χ0v) is 16.2. The quantitative estimate of drug-likeness (QED) is 0.835. The van der Waals surface area contributed by atoms with Gasteiger partial charge in [0.1, 0.15) is 0 Å². The SMILES string of the molecule is O=C(NCC1CCCO1)C1(Cc2ccc(-c3cccnc3)cc2)CCOCC1. The van der Waals surface area contributed by atoms with E-state index in [9.17, 15) is 4.79 Å². The van der Waals surface area contributed by atoms with E-state index < -0.39 is 5.41 Å². The van der Waals surface area contributed by atoms with Crippen LogP contribution in [0.5, 0.6) is 0 Å². The van der Waals surface area contributed by atoms with Crippen LogP contribution in [0.25, 0.3) is 11.1 Å². The van der Waals surface area contributed by atoms with Gasteiger partial charge in [0, 0.05) is 38.8 Å². The van der Waals surface area contributed by atoms with Crippen molar-refractivity contribution in [1.29, 1.82) is 0 Å². The van der Waals surface area contributed by atoms with Gasteiger partial charge in [0.25, 0.3) is 0 Å². The number of hydrogen-bond donors (Lipinski definition) is 1. The van der Waals surface area contributed by atoms with Crippen molar-refractivity contribution in [3.63, 3.8) is 0 Å². The predicted octanol–water partition coefficient (Wildman–Crippen LogP) is 3.38. The Morgan fingerprint density at radius 1 is 1.11 bits per heavy atom. The zero-order chi connectivity index (χ0) is 19.2. The highest BCUT2D eigenvalue weighted by Crippen LogP contribution is 2.35. The maximum atomic E-state index is 13.1. The molecule has 1 amide bonds. The first-order valence-electron chi connectivity index (χ1n) is 10.2. The number of hydrogen-bond acceptors (Lipinski definition) is 4. The molecule has 0 saturated carbocycles. The molecular weight excluding hydrogens is 352 g/mol. The monoisotopic (exact) mass is 380 g/mol. The third-order valence-corrected chi connectivity index (χ3v) is 5.94. The molecule has 1 aromatic heterocycles. The van der Waals surface area contributed by atoms with Gasteiger partial charge in [-0.3, -0.25) is 9.78 Å². The molecule has 0 spiro atoms. The standard InChI is InChI=1S/C23H28N2O3/c26-22(25-17-21-4-2-12-28-21)23(9-13-27-14-10-23)15-18-5-7-19(8-6-18)20-3-1-11-24-16-20/h1,3,5-8,11,16,21H,2,4,9-10,12-15,17H2,(H,25,26). The van der Waals surface area contributed by atoms with Gasteiger partial charge in [-0.15, -0.1) is 0 Å². The number of nitrogens with one attached hydrogen (secondary N) is 1. The summed E-state index contributed by atoms with van der Waals surface area (Å²) in [5.41, 5.74) is 3.03. The van der Waals surface area contributed by atoms with Gasteiger partial charge < -0.3 is 14.8 Å². The van der Waals surface area contributed by atoms with E-state index in [1.165, 1.54) is 5.56 Å². The van der Waals surface area contributed by atoms with Crippen molar-refractivity contribution >= 4 is 5.91 Å². The molecule has 2 saturated heterocycles. The third-order valence-electron chi connectivity index (χ3n) is 5.94. The molecule has 2 aliphatic rings. The molecule has 148 valence electrons. The molecule has 28 heavy (non-hydrogen) atoms. The number of carbonyl (C=O) groups excluding carboxylic acids is 1. The Bertz CT molecular complexity index is 764. The average Bonchev–Trinajstić information content (AvgIpc) is 3.27. The van der Waals surface area contributed by atoms with Crippen LogP contribution in [0, 0.1) is 5.41 Å². The van der Waals surface area contributed by atoms with Gasteiger partial charge in [0.05, 0.1) is 11.5 Å². The second-order valence-electron chi connectivity index (χ2n) is 7.85. The van der Waals surface area contributed by atoms with Crippen molar-refractivity contribution in [2.45, 2.75) is 38.2 Å². The minimum Gasteiger partial charge on any atom is -0.381 e. The highest BCUT2D eigenvalue weighted by molar-refractivity contribution is 5.83. The fourth-order valence-electron chi connectivity index (χ4n) is 4.18. The number of aromatic nitrogens is 1. The summed E-state index contributed by atoms with van der Waals surface area (Å²) in [6.45, 7) is 2.70. The molecule has 4 rings (SSSR count). The van der Waals surface area contributed by atoms with Gasteiger partial charge in [0.15, 0.2) is 0 Å². The van der Waals surface area contributed by atoms with Crippen LogP contribution in [-0.2, 0) is 20.7 Å². The van der Waals surface area contributed by atoms with Crippen molar-refractivity contribution in [1.82, 2.24) is 10.3 Å². The number of nitrogens with zero attached hydrogens (tertiary/aromatic N) is 1. The van der Waals surface area contributed by atoms with E-state index in [-0.39, 0.29) is 12.0 Å². The van der Waals surface area contributed by atoms with Crippen LogP contribution in [0.15, 0.2) is 48.8 Å². The minimum atomic E-state index is -0.396. The number of benzene rings is 1. The van der Waals surface area contributed by atoms with Crippen molar-refractivity contribution in [2.24, 2.45) is 5.41 Å². The van der Waals surface area contributed by atoms with Crippen LogP contribution in [0.3, 0.4) is 0 Å². The molecule has 5 heteroatoms. The molecule has 5 nitrogen and oxygen atoms in total. The second kappa shape index (κ2) is 8.84. The fraction of sp³-hybridized carbons (Fsp3) is 0.478. The van der Waals surface area contributed by atoms with E-state index in [4.69, 9.17) is 9.47 Å². The number of carbonyl (C=O) groups is 1. The third kappa shape index (κ3) is 4.42. The molecule has 0 bridgehead atoms. The van der Waals surface area contributed by atoms with Crippen LogP contribution in [0.4, 0.5) is 0 Å². The normalized spacial score (nSPS) is 21.4. The van der Waals surface area contributed by atoms with Crippen molar-refractivity contribution in [3.05, 3.63) is 54.4 Å². The molecule has 1 N–H and O–H groups in total. The van der Waals surface area contributed by atoms with E-state index in [1.54, 1.807) is 6.20 Å². The summed E-state index contributed by atoms with van der Waals surface area (Å²) >= 11 is 0. The summed E-state index contributed by atoms with van der Waals surface area (Å²) in [6, 6.07) is 12.5. The Balaban J connectivity index is 1.45. The highest BCUT2D eigenvalue weighted by atomic mass is 16.5. The molecular formula is C23H28N2O3. The largest absolute Gasteiger partial charge is 0.381 e. The number of rotatable bonds is 6. The summed E-state index contributed by atoms with van der Waals surface area (Å²) in [5.74, 6) is 0.141. The van der Waals surface area contributed by atoms with Gasteiger partial charge in [-0.1, -0.05) is 30.3 Å². The lowest BCUT2D eigenvalue weighted by molar-refractivity contribution is -0.137. The molecule has 0 radical (unpaired) electrons. The molecule has 0 aliphatic carbocycles. The molecule has 1 unspecified atom stereocenters. The molecule has 1 aromatic carbocycles. The molecule has 3 heterocycles. The van der Waals surface area contributed by atoms with E-state index >= 15 is 0 Å². The Hall–Kier alpha value is -2.24. The topological polar surface area (TPSA) is 60.5 Å². The lowest BCUT2D eigenvalue weighted by atomic mass is 9.74. The summed E-state index contributed by atoms with van der Waals surface area (Å²) in [4.78, 5) is 17.3. The van der Waals surface area contributed by atoms with Gasteiger partial charge in [-0.25, -0.2) is 0 Å². The summed E-state index contributed by atoms with van der Waals surface area (Å²) in [5, 5.41) is 3.16. The summed E-state index contributed by atoms with van der Waals surface area (Å²) in [6.07, 6.45) is 8.19. The van der Waals surface area contributed by atoms with Crippen LogP contribution < -0.4 is 5.32 Å². The number of amides is 1. The van der Waals surface area contributed by atoms with E-state index in [1.807, 2.05) is 12.3 Å². The molecule has 2 aliphatic heterocycles. The van der Waals surface area contributed by atoms with Crippen LogP contribution in [-0.4, -0.2) is 43.4 Å². The first kappa shape index (κ1) is 19.1. The summed E-state index contributed by atoms with van der Waals surface area (Å²) < 4.78 is 11.2. The lowest BCUT2D eigenvalue weighted by Gasteiger charge is -2.36. The first-order chi connectivity index (χ1) is 13.8. The van der Waals surface area contributed by atoms with E-state index in [2.05, 4.69) is 40.6 Å². The minimum absolute atomic E-state index is 0.141. The Morgan fingerprint density at radius 3 is 2.61 bits per heavy atom.